The SMILES string of the molecule is CCc1nc2c(CC)nc(-c3ccccc3)cn2c1O. The lowest BCUT2D eigenvalue weighted by Crippen LogP contribution is -1.98. The molecular weight excluding hydrogens is 250 g/mol. The molecule has 0 amide bonds. The lowest BCUT2D eigenvalue weighted by atomic mass is 10.1. The van der Waals surface area contributed by atoms with Crippen LogP contribution in [-0.4, -0.2) is 19.5 Å². The first-order chi connectivity index (χ1) is 9.74. The summed E-state index contributed by atoms with van der Waals surface area (Å²) in [5.74, 6) is 0.219. The van der Waals surface area contributed by atoms with Gasteiger partial charge in [-0.15, -0.1) is 0 Å². The monoisotopic (exact) mass is 267 g/mol. The van der Waals surface area contributed by atoms with Crippen molar-refractivity contribution in [2.24, 2.45) is 0 Å². The van der Waals surface area contributed by atoms with Gasteiger partial charge in [0.05, 0.1) is 11.4 Å². The van der Waals surface area contributed by atoms with Gasteiger partial charge < -0.3 is 5.11 Å². The van der Waals surface area contributed by atoms with Crippen molar-refractivity contribution in [3.05, 3.63) is 47.9 Å². The molecule has 0 unspecified atom stereocenters. The number of aromatic hydroxyl groups is 1. The van der Waals surface area contributed by atoms with Crippen LogP contribution in [-0.2, 0) is 12.8 Å². The Hall–Kier alpha value is -2.36. The number of nitrogens with zero attached hydrogens (tertiary/aromatic N) is 3. The van der Waals surface area contributed by atoms with Gasteiger partial charge in [0.2, 0.25) is 5.88 Å². The van der Waals surface area contributed by atoms with E-state index in [1.54, 1.807) is 4.40 Å². The number of hydrogen-bond donors (Lipinski definition) is 1. The molecular formula is C16H17N3O. The standard InChI is InChI=1S/C16H17N3O/c1-3-12-15-18-13(4-2)16(20)19(15)10-14(17-12)11-8-6-5-7-9-11/h5-10,20H,3-4H2,1-2H3. The molecule has 0 atom stereocenters. The second kappa shape index (κ2) is 4.96. The van der Waals surface area contributed by atoms with Gasteiger partial charge in [-0.2, -0.15) is 0 Å². The smallest absolute Gasteiger partial charge is 0.219 e. The van der Waals surface area contributed by atoms with Crippen molar-refractivity contribution in [2.75, 3.05) is 0 Å². The Kier molecular flexibility index (Phi) is 3.14. The summed E-state index contributed by atoms with van der Waals surface area (Å²) in [6.45, 7) is 4.03. The van der Waals surface area contributed by atoms with Crippen molar-refractivity contribution in [2.45, 2.75) is 26.7 Å². The van der Waals surface area contributed by atoms with E-state index in [-0.39, 0.29) is 5.88 Å². The van der Waals surface area contributed by atoms with E-state index in [9.17, 15) is 5.11 Å². The van der Waals surface area contributed by atoms with E-state index in [0.29, 0.717) is 12.1 Å². The summed E-state index contributed by atoms with van der Waals surface area (Å²) in [6.07, 6.45) is 3.34. The fourth-order valence-corrected chi connectivity index (χ4v) is 2.37. The zero-order chi connectivity index (χ0) is 14.1. The highest BCUT2D eigenvalue weighted by Crippen LogP contribution is 2.25. The Bertz CT molecular complexity index is 747. The molecule has 1 aromatic carbocycles. The average molecular weight is 267 g/mol. The Morgan fingerprint density at radius 2 is 1.70 bits per heavy atom. The lowest BCUT2D eigenvalue weighted by Gasteiger charge is -2.06. The molecule has 3 rings (SSSR count). The zero-order valence-electron chi connectivity index (χ0n) is 11.7. The first-order valence-corrected chi connectivity index (χ1v) is 6.89. The van der Waals surface area contributed by atoms with Gasteiger partial charge in [-0.05, 0) is 12.8 Å². The minimum atomic E-state index is 0.219. The highest BCUT2D eigenvalue weighted by molar-refractivity contribution is 5.62. The first kappa shape index (κ1) is 12.7. The van der Waals surface area contributed by atoms with E-state index in [1.807, 2.05) is 43.5 Å². The third-order valence-corrected chi connectivity index (χ3v) is 3.46. The third kappa shape index (κ3) is 1.93. The molecule has 0 bridgehead atoms. The number of hydrogen-bond acceptors (Lipinski definition) is 3. The van der Waals surface area contributed by atoms with E-state index in [4.69, 9.17) is 0 Å². The van der Waals surface area contributed by atoms with Crippen LogP contribution in [0, 0.1) is 0 Å². The average Bonchev–Trinajstić information content (AvgIpc) is 2.84. The number of imidazole rings is 1. The highest BCUT2D eigenvalue weighted by atomic mass is 16.3. The predicted octanol–water partition coefficient (Wildman–Crippen LogP) is 3.23. The molecule has 1 N–H and O–H groups in total. The van der Waals surface area contributed by atoms with E-state index < -0.39 is 0 Å². The molecule has 0 aliphatic heterocycles. The molecule has 0 saturated heterocycles. The molecule has 2 aromatic heterocycles. The second-order valence-corrected chi connectivity index (χ2v) is 4.72. The molecule has 20 heavy (non-hydrogen) atoms. The Labute approximate surface area is 117 Å². The van der Waals surface area contributed by atoms with Crippen molar-refractivity contribution in [1.29, 1.82) is 0 Å². The van der Waals surface area contributed by atoms with Crippen LogP contribution in [0.5, 0.6) is 5.88 Å². The highest BCUT2D eigenvalue weighted by Gasteiger charge is 2.14. The molecule has 0 spiro atoms. The Morgan fingerprint density at radius 3 is 2.35 bits per heavy atom. The number of fused-ring (bicyclic) bond motifs is 1. The van der Waals surface area contributed by atoms with Crippen LogP contribution in [0.4, 0.5) is 0 Å². The number of benzene rings is 1. The molecule has 2 heterocycles. The normalized spacial score (nSPS) is 11.1. The molecule has 0 radical (unpaired) electrons. The van der Waals surface area contributed by atoms with Crippen LogP contribution in [0.15, 0.2) is 36.5 Å². The topological polar surface area (TPSA) is 50.4 Å². The van der Waals surface area contributed by atoms with Crippen molar-refractivity contribution >= 4 is 5.65 Å². The fraction of sp³-hybridized carbons (Fsp3) is 0.250. The van der Waals surface area contributed by atoms with Gasteiger partial charge in [-0.1, -0.05) is 44.2 Å². The number of rotatable bonds is 3. The van der Waals surface area contributed by atoms with Crippen LogP contribution in [0.2, 0.25) is 0 Å². The molecule has 0 aliphatic carbocycles. The molecule has 102 valence electrons. The summed E-state index contributed by atoms with van der Waals surface area (Å²) < 4.78 is 1.74. The van der Waals surface area contributed by atoms with Crippen molar-refractivity contribution in [3.8, 4) is 17.1 Å². The van der Waals surface area contributed by atoms with Crippen LogP contribution in [0.1, 0.15) is 25.2 Å². The van der Waals surface area contributed by atoms with Crippen molar-refractivity contribution in [3.63, 3.8) is 0 Å². The largest absolute Gasteiger partial charge is 0.493 e. The Balaban J connectivity index is 2.28. The van der Waals surface area contributed by atoms with Gasteiger partial charge in [0.1, 0.15) is 5.69 Å². The van der Waals surface area contributed by atoms with E-state index in [1.165, 1.54) is 0 Å². The van der Waals surface area contributed by atoms with Gasteiger partial charge in [-0.3, -0.25) is 4.40 Å². The van der Waals surface area contributed by atoms with Crippen LogP contribution < -0.4 is 0 Å². The Morgan fingerprint density at radius 1 is 1.00 bits per heavy atom. The van der Waals surface area contributed by atoms with E-state index >= 15 is 0 Å². The minimum absolute atomic E-state index is 0.219. The first-order valence-electron chi connectivity index (χ1n) is 6.89. The minimum Gasteiger partial charge on any atom is -0.493 e. The summed E-state index contributed by atoms with van der Waals surface area (Å²) in [5.41, 5.74) is 4.26. The molecule has 0 fully saturated rings. The zero-order valence-corrected chi connectivity index (χ0v) is 11.7. The van der Waals surface area contributed by atoms with Crippen LogP contribution in [0.25, 0.3) is 16.9 Å². The van der Waals surface area contributed by atoms with Crippen molar-refractivity contribution in [1.82, 2.24) is 14.4 Å². The quantitative estimate of drug-likeness (QED) is 0.792. The van der Waals surface area contributed by atoms with E-state index in [2.05, 4.69) is 16.9 Å². The fourth-order valence-electron chi connectivity index (χ4n) is 2.37. The molecule has 0 saturated carbocycles. The van der Waals surface area contributed by atoms with Gasteiger partial charge in [-0.25, -0.2) is 9.97 Å². The van der Waals surface area contributed by atoms with Crippen LogP contribution >= 0.6 is 0 Å². The predicted molar refractivity (Wildman–Crippen MR) is 78.8 cm³/mol. The van der Waals surface area contributed by atoms with Gasteiger partial charge in [0, 0.05) is 11.8 Å². The molecule has 4 heteroatoms. The summed E-state index contributed by atoms with van der Waals surface area (Å²) in [4.78, 5) is 9.17. The maximum Gasteiger partial charge on any atom is 0.219 e. The molecule has 3 aromatic rings. The summed E-state index contributed by atoms with van der Waals surface area (Å²) in [5, 5.41) is 10.3. The van der Waals surface area contributed by atoms with Crippen molar-refractivity contribution < 1.29 is 5.11 Å². The second-order valence-electron chi connectivity index (χ2n) is 4.72. The maximum absolute atomic E-state index is 10.3. The third-order valence-electron chi connectivity index (χ3n) is 3.46. The molecule has 4 nitrogen and oxygen atoms in total. The van der Waals surface area contributed by atoms with E-state index in [0.717, 1.165) is 29.0 Å². The van der Waals surface area contributed by atoms with Gasteiger partial charge in [0.25, 0.3) is 0 Å². The van der Waals surface area contributed by atoms with Gasteiger partial charge in [0.15, 0.2) is 5.65 Å². The summed E-state index contributed by atoms with van der Waals surface area (Å²) >= 11 is 0. The summed E-state index contributed by atoms with van der Waals surface area (Å²) in [6, 6.07) is 9.98. The number of aryl methyl sites for hydroxylation is 2. The number of aromatic nitrogens is 3. The molecule has 0 aliphatic rings. The lowest BCUT2D eigenvalue weighted by molar-refractivity contribution is 0.441. The van der Waals surface area contributed by atoms with Gasteiger partial charge >= 0.3 is 0 Å². The van der Waals surface area contributed by atoms with Crippen LogP contribution in [0.3, 0.4) is 0 Å². The summed E-state index contributed by atoms with van der Waals surface area (Å²) in [7, 11) is 0. The maximum atomic E-state index is 10.3.